The molecule has 1 N–H and O–H groups in total. The van der Waals surface area contributed by atoms with E-state index in [9.17, 15) is 48.7 Å². The highest BCUT2D eigenvalue weighted by atomic mass is 32.2. The molecule has 252 valence electrons. The lowest BCUT2D eigenvalue weighted by Crippen LogP contribution is -2.54. The van der Waals surface area contributed by atoms with Crippen molar-refractivity contribution in [3.8, 4) is 22.5 Å². The predicted molar refractivity (Wildman–Crippen MR) is 163 cm³/mol. The summed E-state index contributed by atoms with van der Waals surface area (Å²) in [4.78, 5) is 26.2. The van der Waals surface area contributed by atoms with E-state index in [2.05, 4.69) is 0 Å². The van der Waals surface area contributed by atoms with Gasteiger partial charge in [0.1, 0.15) is 42.7 Å². The lowest BCUT2D eigenvalue weighted by atomic mass is 9.95. The number of hydrogen-bond acceptors (Lipinski definition) is 5. The normalized spacial score (nSPS) is 12.4. The number of nitrogens with zero attached hydrogens (tertiary/aromatic N) is 1. The molecule has 1 amide bonds. The summed E-state index contributed by atoms with van der Waals surface area (Å²) in [7, 11) is -4.40. The molecule has 0 saturated heterocycles. The fraction of sp³-hybridized carbons (Fsp3) is 0.312. The molecule has 0 aliphatic rings. The number of benzene rings is 3. The molecule has 4 rings (SSSR count). The van der Waals surface area contributed by atoms with E-state index in [1.807, 2.05) is 5.32 Å². The molecule has 3 aromatic carbocycles. The van der Waals surface area contributed by atoms with Crippen LogP contribution in [-0.2, 0) is 10.0 Å². The molecule has 47 heavy (non-hydrogen) atoms. The Labute approximate surface area is 265 Å². The molecular weight excluding hydrogens is 657 g/mol. The van der Waals surface area contributed by atoms with Crippen molar-refractivity contribution in [1.82, 2.24) is 5.32 Å². The Morgan fingerprint density at radius 3 is 2.11 bits per heavy atom. The maximum atomic E-state index is 13.7. The summed E-state index contributed by atoms with van der Waals surface area (Å²) < 4.78 is 127. The first-order chi connectivity index (χ1) is 22.1. The van der Waals surface area contributed by atoms with Gasteiger partial charge < -0.3 is 9.73 Å². The number of amides is 1. The lowest BCUT2D eigenvalue weighted by Gasteiger charge is -2.26. The second-order valence-corrected chi connectivity index (χ2v) is 12.8. The van der Waals surface area contributed by atoms with E-state index in [0.717, 1.165) is 18.2 Å². The molecular formula is C32H29F7N2O5S. The van der Waals surface area contributed by atoms with Crippen LogP contribution in [0.3, 0.4) is 0 Å². The topological polar surface area (TPSA) is 96.7 Å². The molecule has 0 aliphatic carbocycles. The Morgan fingerprint density at radius 1 is 0.915 bits per heavy atom. The van der Waals surface area contributed by atoms with E-state index in [-0.39, 0.29) is 56.7 Å². The number of alkyl halides is 6. The summed E-state index contributed by atoms with van der Waals surface area (Å²) in [5, 5.41) is 2.12. The van der Waals surface area contributed by atoms with E-state index < -0.39 is 72.2 Å². The molecule has 0 spiro atoms. The van der Waals surface area contributed by atoms with E-state index in [4.69, 9.17) is 4.42 Å². The lowest BCUT2D eigenvalue weighted by molar-refractivity contribution is -0.131. The molecule has 4 aromatic rings. The zero-order chi connectivity index (χ0) is 34.7. The van der Waals surface area contributed by atoms with Gasteiger partial charge in [0, 0.05) is 41.1 Å². The van der Waals surface area contributed by atoms with Crippen molar-refractivity contribution < 1.29 is 53.2 Å². The van der Waals surface area contributed by atoms with Crippen LogP contribution in [0.15, 0.2) is 65.1 Å². The first-order valence-corrected chi connectivity index (χ1v) is 16.0. The van der Waals surface area contributed by atoms with Crippen molar-refractivity contribution in [3.05, 3.63) is 77.6 Å². The van der Waals surface area contributed by atoms with Gasteiger partial charge in [-0.15, -0.1) is 0 Å². The van der Waals surface area contributed by atoms with E-state index in [0.29, 0.717) is 10.6 Å². The summed E-state index contributed by atoms with van der Waals surface area (Å²) in [5.41, 5.74) is -2.73. The Balaban J connectivity index is 2.02. The van der Waals surface area contributed by atoms with Crippen molar-refractivity contribution in [3.63, 3.8) is 0 Å². The molecule has 0 atom stereocenters. The highest BCUT2D eigenvalue weighted by Crippen LogP contribution is 2.42. The van der Waals surface area contributed by atoms with E-state index >= 15 is 0 Å². The fourth-order valence-electron chi connectivity index (χ4n) is 4.87. The average molecular weight is 687 g/mol. The van der Waals surface area contributed by atoms with Gasteiger partial charge in [-0.3, -0.25) is 13.9 Å². The van der Waals surface area contributed by atoms with Crippen LogP contribution in [0.2, 0.25) is 0 Å². The Bertz CT molecular complexity index is 1880. The average Bonchev–Trinajstić information content (AvgIpc) is 3.40. The van der Waals surface area contributed by atoms with Gasteiger partial charge in [-0.05, 0) is 48.0 Å². The minimum absolute atomic E-state index is 0.00397. The highest BCUT2D eigenvalue weighted by molar-refractivity contribution is 7.92. The number of sulfonamides is 1. The maximum Gasteiger partial charge on any atom is 0.390 e. The van der Waals surface area contributed by atoms with E-state index in [1.54, 1.807) is 6.92 Å². The number of halogens is 7. The third kappa shape index (κ3) is 7.77. The van der Waals surface area contributed by atoms with Crippen molar-refractivity contribution in [2.45, 2.75) is 31.5 Å². The first kappa shape index (κ1) is 35.5. The van der Waals surface area contributed by atoms with Crippen LogP contribution >= 0.6 is 0 Å². The minimum atomic E-state index is -4.75. The zero-order valence-corrected chi connectivity index (χ0v) is 25.9. The van der Waals surface area contributed by atoms with Crippen LogP contribution in [-0.4, -0.2) is 64.6 Å². The molecule has 1 aromatic heterocycles. The number of ketones is 1. The van der Waals surface area contributed by atoms with Crippen LogP contribution in [0.1, 0.15) is 40.5 Å². The van der Waals surface area contributed by atoms with Gasteiger partial charge in [0.2, 0.25) is 10.0 Å². The van der Waals surface area contributed by atoms with Crippen LogP contribution in [0.25, 0.3) is 33.4 Å². The quantitative estimate of drug-likeness (QED) is 0.116. The van der Waals surface area contributed by atoms with Crippen molar-refractivity contribution >= 4 is 38.4 Å². The smallest absolute Gasteiger partial charge is 0.390 e. The molecule has 1 heterocycles. The van der Waals surface area contributed by atoms with Crippen LogP contribution < -0.4 is 9.62 Å². The minimum Gasteiger partial charge on any atom is -0.455 e. The second-order valence-electron chi connectivity index (χ2n) is 10.9. The molecule has 0 radical (unpaired) electrons. The van der Waals surface area contributed by atoms with Crippen LogP contribution in [0.5, 0.6) is 0 Å². The number of hydrogen-bond donors (Lipinski definition) is 1. The summed E-state index contributed by atoms with van der Waals surface area (Å²) in [6.07, 6.45) is -5.60. The summed E-state index contributed by atoms with van der Waals surface area (Å²) in [5.74, 6) is -2.07. The number of fused-ring (bicyclic) bond motifs is 1. The van der Waals surface area contributed by atoms with Gasteiger partial charge in [-0.2, -0.15) is 13.2 Å². The summed E-state index contributed by atoms with van der Waals surface area (Å²) >= 11 is 0. The first-order valence-electron chi connectivity index (χ1n) is 14.1. The number of carbonyl (C=O) groups is 2. The van der Waals surface area contributed by atoms with Gasteiger partial charge in [0.05, 0.1) is 23.9 Å². The third-order valence-electron chi connectivity index (χ3n) is 7.36. The van der Waals surface area contributed by atoms with Gasteiger partial charge in [0.15, 0.2) is 5.78 Å². The molecule has 7 nitrogen and oxygen atoms in total. The van der Waals surface area contributed by atoms with Crippen LogP contribution in [0, 0.1) is 5.82 Å². The summed E-state index contributed by atoms with van der Waals surface area (Å²) in [6, 6.07) is 12.5. The standard InChI is InChI=1S/C32H29F7N2O5S/c1-3-26(42)28-24-14-23(20-5-4-6-21(13-20)30(43)40-31(16-33,17-34)18-35)25(41(47(2,44)45)12-11-32(37,38)39)15-27(24)46-29(28)19-7-9-22(36)10-8-19/h4-10,13-15H,3,11-12,16-18H2,1-2H3,(H,40,43). The van der Waals surface area contributed by atoms with Gasteiger partial charge in [0.25, 0.3) is 5.91 Å². The predicted octanol–water partition coefficient (Wildman–Crippen LogP) is 7.59. The van der Waals surface area contributed by atoms with Crippen molar-refractivity contribution in [2.24, 2.45) is 0 Å². The number of rotatable bonds is 13. The second kappa shape index (κ2) is 13.8. The number of furan rings is 1. The van der Waals surface area contributed by atoms with E-state index in [1.165, 1.54) is 42.5 Å². The van der Waals surface area contributed by atoms with Crippen LogP contribution in [0.4, 0.5) is 36.4 Å². The van der Waals surface area contributed by atoms with Gasteiger partial charge in [-0.25, -0.2) is 26.0 Å². The number of nitrogens with one attached hydrogen (secondary N) is 1. The monoisotopic (exact) mass is 686 g/mol. The Morgan fingerprint density at radius 2 is 1.55 bits per heavy atom. The molecule has 0 unspecified atom stereocenters. The Kier molecular flexibility index (Phi) is 10.4. The number of Topliss-reactive ketones (excluding diaryl/α,β-unsaturated/α-hetero) is 1. The molecule has 0 aliphatic heterocycles. The fourth-order valence-corrected chi connectivity index (χ4v) is 5.80. The maximum absolute atomic E-state index is 13.7. The molecule has 0 saturated carbocycles. The third-order valence-corrected chi connectivity index (χ3v) is 8.54. The number of carbonyl (C=O) groups excluding carboxylic acids is 2. The molecule has 15 heteroatoms. The van der Waals surface area contributed by atoms with Crippen molar-refractivity contribution in [1.29, 1.82) is 0 Å². The summed E-state index contributed by atoms with van der Waals surface area (Å²) in [6.45, 7) is -4.14. The van der Waals surface area contributed by atoms with Gasteiger partial charge in [-0.1, -0.05) is 19.1 Å². The molecule has 0 fully saturated rings. The zero-order valence-electron chi connectivity index (χ0n) is 25.1. The number of anilines is 1. The SMILES string of the molecule is CCC(=O)c1c(-c2ccc(F)cc2)oc2cc(N(CCC(F)(F)F)S(C)(=O)=O)c(-c3cccc(C(=O)NC(CF)(CF)CF)c3)cc12. The largest absolute Gasteiger partial charge is 0.455 e. The Hall–Kier alpha value is -4.40. The van der Waals surface area contributed by atoms with Gasteiger partial charge >= 0.3 is 6.18 Å². The highest BCUT2D eigenvalue weighted by Gasteiger charge is 2.34. The van der Waals surface area contributed by atoms with Crippen molar-refractivity contribution in [2.75, 3.05) is 37.1 Å². The molecule has 0 bridgehead atoms.